The Hall–Kier alpha value is -2.67. The number of esters is 1. The van der Waals surface area contributed by atoms with E-state index in [1.54, 1.807) is 31.2 Å². The number of fused-ring (bicyclic) bond motifs is 1. The molecular weight excluding hydrogens is 405 g/mol. The molecule has 0 saturated heterocycles. The van der Waals surface area contributed by atoms with Crippen LogP contribution in [0.3, 0.4) is 0 Å². The van der Waals surface area contributed by atoms with Crippen LogP contribution >= 0.6 is 15.9 Å². The van der Waals surface area contributed by atoms with E-state index in [1.807, 2.05) is 0 Å². The summed E-state index contributed by atoms with van der Waals surface area (Å²) in [5, 5.41) is 10.2. The van der Waals surface area contributed by atoms with Crippen molar-refractivity contribution in [3.8, 4) is 5.75 Å². The first-order chi connectivity index (χ1) is 12.3. The maximum Gasteiger partial charge on any atom is 0.310 e. The van der Waals surface area contributed by atoms with Crippen molar-refractivity contribution in [1.82, 2.24) is 4.57 Å². The van der Waals surface area contributed by atoms with E-state index in [1.165, 1.54) is 17.7 Å². The van der Waals surface area contributed by atoms with Crippen molar-refractivity contribution in [2.45, 2.75) is 13.3 Å². The molecule has 1 N–H and O–H groups in total. The second-order valence-corrected chi connectivity index (χ2v) is 6.70. The van der Waals surface area contributed by atoms with Gasteiger partial charge in [0.05, 0.1) is 19.0 Å². The average molecular weight is 420 g/mol. The van der Waals surface area contributed by atoms with Crippen LogP contribution in [0.4, 0.5) is 4.39 Å². The summed E-state index contributed by atoms with van der Waals surface area (Å²) in [5.74, 6) is -2.24. The predicted molar refractivity (Wildman–Crippen MR) is 97.9 cm³/mol. The number of carbonyl (C=O) groups excluding carboxylic acids is 2. The summed E-state index contributed by atoms with van der Waals surface area (Å²) in [7, 11) is 1.26. The lowest BCUT2D eigenvalue weighted by Crippen LogP contribution is -2.14. The first-order valence-corrected chi connectivity index (χ1v) is 8.52. The Labute approximate surface area is 157 Å². The van der Waals surface area contributed by atoms with Gasteiger partial charge >= 0.3 is 5.97 Å². The third-order valence-electron chi connectivity index (χ3n) is 4.25. The molecule has 0 aliphatic heterocycles. The van der Waals surface area contributed by atoms with E-state index in [-0.39, 0.29) is 17.8 Å². The molecule has 0 amide bonds. The Morgan fingerprint density at radius 2 is 1.88 bits per heavy atom. The quantitative estimate of drug-likeness (QED) is 0.652. The molecule has 0 unspecified atom stereocenters. The summed E-state index contributed by atoms with van der Waals surface area (Å²) in [6, 6.07) is 9.07. The van der Waals surface area contributed by atoms with E-state index >= 15 is 0 Å². The van der Waals surface area contributed by atoms with Crippen molar-refractivity contribution in [3.63, 3.8) is 0 Å². The minimum absolute atomic E-state index is 0.0927. The zero-order valence-electron chi connectivity index (χ0n) is 14.0. The van der Waals surface area contributed by atoms with Crippen molar-refractivity contribution in [2.24, 2.45) is 0 Å². The Morgan fingerprint density at radius 1 is 1.23 bits per heavy atom. The Morgan fingerprint density at radius 3 is 2.50 bits per heavy atom. The number of phenols is 1. The van der Waals surface area contributed by atoms with Gasteiger partial charge in [0.2, 0.25) is 0 Å². The standard InChI is InChI=1S/C19H15BrFNO4/c1-10-13(8-18(24)26-2)14-7-17(23)15(21)9-16(14)22(10)19(25)11-3-5-12(20)6-4-11/h3-7,9,23H,8H2,1-2H3. The molecule has 3 rings (SSSR count). The number of ether oxygens (including phenoxy) is 1. The smallest absolute Gasteiger partial charge is 0.310 e. The summed E-state index contributed by atoms with van der Waals surface area (Å²) in [6.07, 6.45) is -0.0927. The number of halogens is 2. The van der Waals surface area contributed by atoms with Gasteiger partial charge in [0.1, 0.15) is 0 Å². The Kier molecular flexibility index (Phi) is 4.82. The van der Waals surface area contributed by atoms with E-state index in [2.05, 4.69) is 15.9 Å². The molecule has 5 nitrogen and oxygen atoms in total. The highest BCUT2D eigenvalue weighted by Crippen LogP contribution is 2.32. The van der Waals surface area contributed by atoms with Gasteiger partial charge in [-0.25, -0.2) is 4.39 Å². The van der Waals surface area contributed by atoms with Gasteiger partial charge in [-0.05, 0) is 42.8 Å². The molecule has 1 aromatic heterocycles. The number of hydrogen-bond acceptors (Lipinski definition) is 4. The van der Waals surface area contributed by atoms with E-state index in [4.69, 9.17) is 4.74 Å². The van der Waals surface area contributed by atoms with Gasteiger partial charge in [0.25, 0.3) is 5.91 Å². The number of benzene rings is 2. The highest BCUT2D eigenvalue weighted by Gasteiger charge is 2.23. The normalized spacial score (nSPS) is 10.9. The highest BCUT2D eigenvalue weighted by atomic mass is 79.9. The van der Waals surface area contributed by atoms with E-state index in [9.17, 15) is 19.1 Å². The maximum atomic E-state index is 13.9. The summed E-state index contributed by atoms with van der Waals surface area (Å²) in [4.78, 5) is 24.8. The van der Waals surface area contributed by atoms with Crippen LogP contribution in [-0.4, -0.2) is 28.7 Å². The van der Waals surface area contributed by atoms with Gasteiger partial charge in [0, 0.05) is 27.2 Å². The summed E-state index contributed by atoms with van der Waals surface area (Å²) in [6.45, 7) is 1.67. The fourth-order valence-electron chi connectivity index (χ4n) is 2.91. The zero-order chi connectivity index (χ0) is 19.0. The molecule has 0 saturated carbocycles. The fraction of sp³-hybridized carbons (Fsp3) is 0.158. The number of methoxy groups -OCH3 is 1. The molecule has 0 fully saturated rings. The van der Waals surface area contributed by atoms with Crippen molar-refractivity contribution in [1.29, 1.82) is 0 Å². The molecule has 0 aliphatic carbocycles. The summed E-state index contributed by atoms with van der Waals surface area (Å²) in [5.41, 5.74) is 1.69. The number of aromatic hydroxyl groups is 1. The minimum atomic E-state index is -0.843. The van der Waals surface area contributed by atoms with Crippen LogP contribution in [0.25, 0.3) is 10.9 Å². The number of carbonyl (C=O) groups is 2. The Balaban J connectivity index is 2.25. The van der Waals surface area contributed by atoms with Crippen LogP contribution in [-0.2, 0) is 16.0 Å². The molecule has 26 heavy (non-hydrogen) atoms. The highest BCUT2D eigenvalue weighted by molar-refractivity contribution is 9.10. The van der Waals surface area contributed by atoms with Crippen LogP contribution in [0.15, 0.2) is 40.9 Å². The zero-order valence-corrected chi connectivity index (χ0v) is 15.6. The van der Waals surface area contributed by atoms with Gasteiger partial charge in [-0.1, -0.05) is 15.9 Å². The SMILES string of the molecule is COC(=O)Cc1c(C)n(C(=O)c2ccc(Br)cc2)c2cc(F)c(O)cc12. The molecule has 134 valence electrons. The molecule has 0 bridgehead atoms. The average Bonchev–Trinajstić information content (AvgIpc) is 2.87. The van der Waals surface area contributed by atoms with E-state index in [0.717, 1.165) is 10.5 Å². The van der Waals surface area contributed by atoms with E-state index < -0.39 is 17.5 Å². The lowest BCUT2D eigenvalue weighted by molar-refractivity contribution is -0.139. The molecule has 0 radical (unpaired) electrons. The summed E-state index contributed by atoms with van der Waals surface area (Å²) < 4.78 is 20.8. The van der Waals surface area contributed by atoms with Crippen molar-refractivity contribution < 1.29 is 23.8 Å². The third-order valence-corrected chi connectivity index (χ3v) is 4.78. The van der Waals surface area contributed by atoms with Gasteiger partial charge < -0.3 is 9.84 Å². The lowest BCUT2D eigenvalue weighted by atomic mass is 10.1. The maximum absolute atomic E-state index is 13.9. The van der Waals surface area contributed by atoms with Crippen LogP contribution in [0.1, 0.15) is 21.6 Å². The van der Waals surface area contributed by atoms with Crippen LogP contribution in [0.2, 0.25) is 0 Å². The molecular formula is C19H15BrFNO4. The molecule has 2 aromatic carbocycles. The largest absolute Gasteiger partial charge is 0.505 e. The fourth-order valence-corrected chi connectivity index (χ4v) is 3.18. The first-order valence-electron chi connectivity index (χ1n) is 7.73. The second kappa shape index (κ2) is 6.92. The van der Waals surface area contributed by atoms with Gasteiger partial charge in [-0.15, -0.1) is 0 Å². The molecule has 0 spiro atoms. The summed E-state index contributed by atoms with van der Waals surface area (Å²) >= 11 is 3.31. The van der Waals surface area contributed by atoms with Crippen molar-refractivity contribution in [3.05, 3.63) is 63.5 Å². The Bertz CT molecular complexity index is 1020. The molecule has 1 heterocycles. The number of rotatable bonds is 3. The topological polar surface area (TPSA) is 68.5 Å². The lowest BCUT2D eigenvalue weighted by Gasteiger charge is -2.08. The van der Waals surface area contributed by atoms with Gasteiger partial charge in [0.15, 0.2) is 11.6 Å². The van der Waals surface area contributed by atoms with Gasteiger partial charge in [-0.2, -0.15) is 0 Å². The third kappa shape index (κ3) is 3.10. The van der Waals surface area contributed by atoms with Crippen LogP contribution < -0.4 is 0 Å². The number of phenolic OH excluding ortho intramolecular Hbond substituents is 1. The molecule has 0 atom stereocenters. The van der Waals surface area contributed by atoms with Crippen molar-refractivity contribution in [2.75, 3.05) is 7.11 Å². The predicted octanol–water partition coefficient (Wildman–Crippen LogP) is 3.96. The van der Waals surface area contributed by atoms with Gasteiger partial charge in [-0.3, -0.25) is 14.2 Å². The molecule has 7 heteroatoms. The number of nitrogens with zero attached hydrogens (tertiary/aromatic N) is 1. The number of hydrogen-bond donors (Lipinski definition) is 1. The number of aromatic nitrogens is 1. The van der Waals surface area contributed by atoms with Crippen molar-refractivity contribution >= 4 is 38.7 Å². The minimum Gasteiger partial charge on any atom is -0.505 e. The first kappa shape index (κ1) is 18.1. The molecule has 0 aliphatic rings. The second-order valence-electron chi connectivity index (χ2n) is 5.79. The van der Waals surface area contributed by atoms with Crippen LogP contribution in [0.5, 0.6) is 5.75 Å². The van der Waals surface area contributed by atoms with E-state index in [0.29, 0.717) is 22.2 Å². The molecule has 3 aromatic rings. The monoisotopic (exact) mass is 419 g/mol. The van der Waals surface area contributed by atoms with Crippen LogP contribution in [0, 0.1) is 12.7 Å².